The van der Waals surface area contributed by atoms with E-state index in [2.05, 4.69) is 40.8 Å². The Bertz CT molecular complexity index is 746. The van der Waals surface area contributed by atoms with Crippen molar-refractivity contribution in [3.05, 3.63) is 12.8 Å². The van der Waals surface area contributed by atoms with Gasteiger partial charge in [-0.05, 0) is 0 Å². The molecule has 0 saturated carbocycles. The molecule has 0 aromatic carbocycles. The van der Waals surface area contributed by atoms with E-state index in [1.807, 2.05) is 0 Å². The second-order valence-electron chi connectivity index (χ2n) is 3.31. The van der Waals surface area contributed by atoms with Crippen LogP contribution in [0.3, 0.4) is 0 Å². The van der Waals surface area contributed by atoms with E-state index in [0.717, 1.165) is 12.8 Å². The summed E-state index contributed by atoms with van der Waals surface area (Å²) in [4.78, 5) is 0. The highest BCUT2D eigenvalue weighted by atomic mass is 16.4. The highest BCUT2D eigenvalue weighted by Crippen LogP contribution is 2.23. The number of hydrogen-bond acceptors (Lipinski definition) is 12. The Morgan fingerprint density at radius 3 is 1.25 bits per heavy atom. The number of aromatic nitrogens is 8. The van der Waals surface area contributed by atoms with Crippen molar-refractivity contribution in [2.75, 3.05) is 0 Å². The maximum absolute atomic E-state index is 5.26. The summed E-state index contributed by atoms with van der Waals surface area (Å²) in [5, 5.41) is 29.1. The maximum Gasteiger partial charge on any atom is 0.306 e. The largest absolute Gasteiger partial charge is 0.420 e. The van der Waals surface area contributed by atoms with Gasteiger partial charge in [-0.15, -0.1) is 40.8 Å². The van der Waals surface area contributed by atoms with Gasteiger partial charge in [0, 0.05) is 0 Å². The molecule has 4 rings (SSSR count). The molecular formula is C8H2N8O4. The molecule has 98 valence electrons. The van der Waals surface area contributed by atoms with E-state index < -0.39 is 0 Å². The Morgan fingerprint density at radius 2 is 0.900 bits per heavy atom. The van der Waals surface area contributed by atoms with E-state index >= 15 is 0 Å². The minimum absolute atomic E-state index is 0.00327. The molecule has 0 unspecified atom stereocenters. The van der Waals surface area contributed by atoms with Crippen LogP contribution in [0.5, 0.6) is 0 Å². The van der Waals surface area contributed by atoms with Crippen LogP contribution in [0.4, 0.5) is 0 Å². The zero-order valence-electron chi connectivity index (χ0n) is 9.37. The monoisotopic (exact) mass is 274 g/mol. The topological polar surface area (TPSA) is 156 Å². The highest BCUT2D eigenvalue weighted by molar-refractivity contribution is 5.44. The van der Waals surface area contributed by atoms with Crippen LogP contribution in [0.2, 0.25) is 0 Å². The number of nitrogens with zero attached hydrogens (tertiary/aromatic N) is 8. The molecule has 0 spiro atoms. The first-order valence-corrected chi connectivity index (χ1v) is 5.10. The van der Waals surface area contributed by atoms with Crippen LogP contribution in [0.15, 0.2) is 30.5 Å². The van der Waals surface area contributed by atoms with Crippen molar-refractivity contribution in [1.29, 1.82) is 0 Å². The van der Waals surface area contributed by atoms with Gasteiger partial charge in [0.1, 0.15) is 0 Å². The van der Waals surface area contributed by atoms with Gasteiger partial charge in [-0.3, -0.25) is 0 Å². The molecule has 0 aliphatic heterocycles. The first kappa shape index (κ1) is 10.5. The van der Waals surface area contributed by atoms with Crippen LogP contribution in [0.1, 0.15) is 0 Å². The molecule has 0 saturated heterocycles. The maximum atomic E-state index is 5.26. The van der Waals surface area contributed by atoms with Crippen molar-refractivity contribution in [3.63, 3.8) is 0 Å². The molecule has 0 atom stereocenters. The Kier molecular flexibility index (Phi) is 2.12. The smallest absolute Gasteiger partial charge is 0.306 e. The van der Waals surface area contributed by atoms with Crippen molar-refractivity contribution in [2.24, 2.45) is 0 Å². The first-order chi connectivity index (χ1) is 9.90. The summed E-state index contributed by atoms with van der Waals surface area (Å²) in [6.07, 6.45) is 2.28. The van der Waals surface area contributed by atoms with Gasteiger partial charge < -0.3 is 17.7 Å². The molecule has 0 amide bonds. The lowest BCUT2D eigenvalue weighted by Gasteiger charge is -1.84. The van der Waals surface area contributed by atoms with E-state index in [4.69, 9.17) is 17.7 Å². The third kappa shape index (κ3) is 1.63. The zero-order chi connectivity index (χ0) is 13.4. The van der Waals surface area contributed by atoms with Crippen LogP contribution in [0, 0.1) is 0 Å². The fourth-order valence-corrected chi connectivity index (χ4v) is 1.32. The van der Waals surface area contributed by atoms with Gasteiger partial charge in [0.2, 0.25) is 12.8 Å². The van der Waals surface area contributed by atoms with Crippen LogP contribution in [0.25, 0.3) is 35.3 Å². The van der Waals surface area contributed by atoms with E-state index in [1.54, 1.807) is 0 Å². The fraction of sp³-hybridized carbons (Fsp3) is 0. The van der Waals surface area contributed by atoms with Crippen molar-refractivity contribution in [2.45, 2.75) is 0 Å². The third-order valence-electron chi connectivity index (χ3n) is 2.12. The SMILES string of the molecule is c1nnc(-c2nnc(-c3nnc(-c4nnco4)o3)o2)o1. The Hall–Kier alpha value is -3.44. The molecule has 0 bridgehead atoms. The molecule has 4 aromatic rings. The molecule has 20 heavy (non-hydrogen) atoms. The lowest BCUT2D eigenvalue weighted by atomic mass is 10.6. The zero-order valence-corrected chi connectivity index (χ0v) is 9.37. The number of hydrogen-bond donors (Lipinski definition) is 0. The van der Waals surface area contributed by atoms with Crippen LogP contribution >= 0.6 is 0 Å². The van der Waals surface area contributed by atoms with Crippen molar-refractivity contribution < 1.29 is 17.7 Å². The summed E-state index contributed by atoms with van der Waals surface area (Å²) in [7, 11) is 0. The molecule has 0 aliphatic rings. The molecule has 4 aromatic heterocycles. The van der Waals surface area contributed by atoms with Crippen LogP contribution in [-0.4, -0.2) is 40.8 Å². The summed E-state index contributed by atoms with van der Waals surface area (Å²) in [5.41, 5.74) is 0. The standard InChI is InChI=1S/C8H2N8O4/c1-9-11-3(17-1)5-13-15-7(19-5)8-16-14-6(20-8)4-12-10-2-18-4/h1-2H. The molecule has 0 fully saturated rings. The highest BCUT2D eigenvalue weighted by Gasteiger charge is 2.21. The average Bonchev–Trinajstić information content (AvgIpc) is 3.22. The molecule has 0 radical (unpaired) electrons. The quantitative estimate of drug-likeness (QED) is 0.501. The van der Waals surface area contributed by atoms with E-state index in [9.17, 15) is 0 Å². The fourth-order valence-electron chi connectivity index (χ4n) is 1.32. The van der Waals surface area contributed by atoms with Gasteiger partial charge in [0.15, 0.2) is 0 Å². The molecular weight excluding hydrogens is 272 g/mol. The normalized spacial score (nSPS) is 11.0. The Labute approximate surface area is 107 Å². The average molecular weight is 274 g/mol. The van der Waals surface area contributed by atoms with Crippen molar-refractivity contribution in [1.82, 2.24) is 40.8 Å². The van der Waals surface area contributed by atoms with Gasteiger partial charge in [0.25, 0.3) is 0 Å². The van der Waals surface area contributed by atoms with Gasteiger partial charge in [0.05, 0.1) is 0 Å². The lowest BCUT2D eigenvalue weighted by Crippen LogP contribution is -1.77. The van der Waals surface area contributed by atoms with E-state index in [0.29, 0.717) is 0 Å². The van der Waals surface area contributed by atoms with E-state index in [-0.39, 0.29) is 35.3 Å². The second-order valence-corrected chi connectivity index (χ2v) is 3.31. The van der Waals surface area contributed by atoms with Crippen LogP contribution < -0.4 is 0 Å². The summed E-state index contributed by atoms with van der Waals surface area (Å²) < 4.78 is 20.4. The summed E-state index contributed by atoms with van der Waals surface area (Å²) >= 11 is 0. The second kappa shape index (κ2) is 4.04. The summed E-state index contributed by atoms with van der Waals surface area (Å²) in [5.74, 6) is 0.235. The minimum Gasteiger partial charge on any atom is -0.420 e. The minimum atomic E-state index is -0.00327. The van der Waals surface area contributed by atoms with Gasteiger partial charge in [-0.2, -0.15) is 0 Å². The Morgan fingerprint density at radius 1 is 0.500 bits per heavy atom. The Balaban J connectivity index is 1.68. The summed E-state index contributed by atoms with van der Waals surface area (Å²) in [6.45, 7) is 0. The van der Waals surface area contributed by atoms with E-state index in [1.165, 1.54) is 0 Å². The third-order valence-corrected chi connectivity index (χ3v) is 2.12. The summed E-state index contributed by atoms with van der Waals surface area (Å²) in [6, 6.07) is 0. The van der Waals surface area contributed by atoms with Gasteiger partial charge in [-0.1, -0.05) is 0 Å². The predicted molar refractivity (Wildman–Crippen MR) is 54.2 cm³/mol. The molecule has 12 nitrogen and oxygen atoms in total. The lowest BCUT2D eigenvalue weighted by molar-refractivity contribution is 0.483. The van der Waals surface area contributed by atoms with Crippen molar-refractivity contribution in [3.8, 4) is 35.3 Å². The van der Waals surface area contributed by atoms with Gasteiger partial charge in [-0.25, -0.2) is 0 Å². The van der Waals surface area contributed by atoms with Gasteiger partial charge >= 0.3 is 35.3 Å². The van der Waals surface area contributed by atoms with Crippen molar-refractivity contribution >= 4 is 0 Å². The number of rotatable bonds is 3. The first-order valence-electron chi connectivity index (χ1n) is 5.10. The molecule has 4 heterocycles. The van der Waals surface area contributed by atoms with Crippen LogP contribution in [-0.2, 0) is 0 Å². The molecule has 0 aliphatic carbocycles. The predicted octanol–water partition coefficient (Wildman–Crippen LogP) is 0.220. The molecule has 12 heteroatoms. The molecule has 0 N–H and O–H groups in total.